The SMILES string of the molecule is CC(C)(C)c1ccc2c(c1C(C)(C)C)CCC=C2. The number of benzene rings is 1. The molecule has 0 aromatic heterocycles. The normalized spacial score (nSPS) is 15.7. The summed E-state index contributed by atoms with van der Waals surface area (Å²) in [6.45, 7) is 14.0. The fourth-order valence-corrected chi connectivity index (χ4v) is 3.01. The molecule has 0 unspecified atom stereocenters. The molecule has 98 valence electrons. The Morgan fingerprint density at radius 3 is 2.11 bits per heavy atom. The van der Waals surface area contributed by atoms with Gasteiger partial charge in [0.2, 0.25) is 0 Å². The zero-order valence-corrected chi connectivity index (χ0v) is 12.7. The van der Waals surface area contributed by atoms with Gasteiger partial charge in [0, 0.05) is 0 Å². The maximum absolute atomic E-state index is 2.34. The molecule has 0 amide bonds. The van der Waals surface area contributed by atoms with Gasteiger partial charge < -0.3 is 0 Å². The first-order chi connectivity index (χ1) is 8.21. The lowest BCUT2D eigenvalue weighted by Crippen LogP contribution is -2.25. The first-order valence-electron chi connectivity index (χ1n) is 7.04. The summed E-state index contributed by atoms with van der Waals surface area (Å²) < 4.78 is 0. The van der Waals surface area contributed by atoms with Crippen LogP contribution in [0.3, 0.4) is 0 Å². The van der Waals surface area contributed by atoms with Crippen molar-refractivity contribution in [1.82, 2.24) is 0 Å². The lowest BCUT2D eigenvalue weighted by molar-refractivity contribution is 0.524. The molecule has 0 heteroatoms. The van der Waals surface area contributed by atoms with Crippen molar-refractivity contribution in [2.45, 2.75) is 65.2 Å². The average Bonchev–Trinajstić information content (AvgIpc) is 2.24. The monoisotopic (exact) mass is 242 g/mol. The fourth-order valence-electron chi connectivity index (χ4n) is 3.01. The molecule has 2 rings (SSSR count). The number of hydrogen-bond donors (Lipinski definition) is 0. The molecule has 0 atom stereocenters. The van der Waals surface area contributed by atoms with Crippen LogP contribution in [0.5, 0.6) is 0 Å². The third-order valence-corrected chi connectivity index (χ3v) is 3.77. The van der Waals surface area contributed by atoms with Gasteiger partial charge in [-0.3, -0.25) is 0 Å². The summed E-state index contributed by atoms with van der Waals surface area (Å²) in [5.74, 6) is 0. The predicted molar refractivity (Wildman–Crippen MR) is 81.2 cm³/mol. The molecular formula is C18H26. The Morgan fingerprint density at radius 2 is 1.56 bits per heavy atom. The van der Waals surface area contributed by atoms with Crippen molar-refractivity contribution in [1.29, 1.82) is 0 Å². The van der Waals surface area contributed by atoms with Crippen LogP contribution in [0, 0.1) is 0 Å². The van der Waals surface area contributed by atoms with Gasteiger partial charge in [0.1, 0.15) is 0 Å². The lowest BCUT2D eigenvalue weighted by atomic mass is 9.71. The number of allylic oxidation sites excluding steroid dienone is 1. The van der Waals surface area contributed by atoms with E-state index >= 15 is 0 Å². The van der Waals surface area contributed by atoms with Crippen molar-refractivity contribution >= 4 is 6.08 Å². The van der Waals surface area contributed by atoms with E-state index in [0.717, 1.165) is 0 Å². The van der Waals surface area contributed by atoms with Crippen molar-refractivity contribution in [3.63, 3.8) is 0 Å². The van der Waals surface area contributed by atoms with Gasteiger partial charge in [-0.1, -0.05) is 65.8 Å². The highest BCUT2D eigenvalue weighted by Gasteiger charge is 2.28. The largest absolute Gasteiger partial charge is 0.0836 e. The quantitative estimate of drug-likeness (QED) is 0.583. The second-order valence-corrected chi connectivity index (χ2v) is 7.50. The Balaban J connectivity index is 2.74. The van der Waals surface area contributed by atoms with Crippen LogP contribution in [0.4, 0.5) is 0 Å². The van der Waals surface area contributed by atoms with Crippen molar-refractivity contribution in [3.8, 4) is 0 Å². The van der Waals surface area contributed by atoms with Crippen LogP contribution in [0.25, 0.3) is 6.08 Å². The van der Waals surface area contributed by atoms with Gasteiger partial charge in [-0.05, 0) is 45.9 Å². The molecule has 1 aliphatic carbocycles. The Kier molecular flexibility index (Phi) is 3.17. The van der Waals surface area contributed by atoms with E-state index in [1.165, 1.54) is 24.0 Å². The molecule has 18 heavy (non-hydrogen) atoms. The van der Waals surface area contributed by atoms with Gasteiger partial charge in [0.15, 0.2) is 0 Å². The molecule has 0 bridgehead atoms. The molecule has 0 nitrogen and oxygen atoms in total. The highest BCUT2D eigenvalue weighted by atomic mass is 14.3. The number of fused-ring (bicyclic) bond motifs is 1. The average molecular weight is 242 g/mol. The molecule has 0 spiro atoms. The molecule has 0 N–H and O–H groups in total. The van der Waals surface area contributed by atoms with Crippen LogP contribution in [0.2, 0.25) is 0 Å². The van der Waals surface area contributed by atoms with E-state index in [1.54, 1.807) is 11.1 Å². The van der Waals surface area contributed by atoms with Gasteiger partial charge in [-0.15, -0.1) is 0 Å². The summed E-state index contributed by atoms with van der Waals surface area (Å²) in [4.78, 5) is 0. The van der Waals surface area contributed by atoms with Crippen molar-refractivity contribution in [2.24, 2.45) is 0 Å². The summed E-state index contributed by atoms with van der Waals surface area (Å²) >= 11 is 0. The van der Waals surface area contributed by atoms with Crippen LogP contribution in [-0.2, 0) is 17.3 Å². The third-order valence-electron chi connectivity index (χ3n) is 3.77. The zero-order valence-electron chi connectivity index (χ0n) is 12.7. The molecule has 0 fully saturated rings. The van der Waals surface area contributed by atoms with Gasteiger partial charge in [-0.25, -0.2) is 0 Å². The van der Waals surface area contributed by atoms with Crippen LogP contribution < -0.4 is 0 Å². The summed E-state index contributed by atoms with van der Waals surface area (Å²) in [5, 5.41) is 0. The molecule has 0 radical (unpaired) electrons. The van der Waals surface area contributed by atoms with E-state index in [-0.39, 0.29) is 10.8 Å². The summed E-state index contributed by atoms with van der Waals surface area (Å²) in [6, 6.07) is 4.65. The molecule has 1 aliphatic rings. The van der Waals surface area contributed by atoms with Crippen LogP contribution in [-0.4, -0.2) is 0 Å². The van der Waals surface area contributed by atoms with Crippen LogP contribution >= 0.6 is 0 Å². The number of hydrogen-bond acceptors (Lipinski definition) is 0. The smallest absolute Gasteiger partial charge is 0.0126 e. The Hall–Kier alpha value is -1.04. The van der Waals surface area contributed by atoms with E-state index in [0.29, 0.717) is 0 Å². The molecular weight excluding hydrogens is 216 g/mol. The third kappa shape index (κ3) is 2.39. The van der Waals surface area contributed by atoms with Gasteiger partial charge in [0.05, 0.1) is 0 Å². The molecule has 0 saturated carbocycles. The molecule has 0 saturated heterocycles. The van der Waals surface area contributed by atoms with E-state index in [4.69, 9.17) is 0 Å². The summed E-state index contributed by atoms with van der Waals surface area (Å²) in [5.41, 5.74) is 6.55. The molecule has 0 aliphatic heterocycles. The second-order valence-electron chi connectivity index (χ2n) is 7.50. The molecule has 0 heterocycles. The highest BCUT2D eigenvalue weighted by molar-refractivity contribution is 5.62. The van der Waals surface area contributed by atoms with Gasteiger partial charge in [0.25, 0.3) is 0 Å². The minimum Gasteiger partial charge on any atom is -0.0836 e. The fraction of sp³-hybridized carbons (Fsp3) is 0.556. The van der Waals surface area contributed by atoms with E-state index in [2.05, 4.69) is 65.8 Å². The topological polar surface area (TPSA) is 0 Å². The lowest BCUT2D eigenvalue weighted by Gasteiger charge is -2.34. The first-order valence-corrected chi connectivity index (χ1v) is 7.04. The van der Waals surface area contributed by atoms with Crippen LogP contribution in [0.1, 0.15) is 70.2 Å². The minimum absolute atomic E-state index is 0.221. The van der Waals surface area contributed by atoms with Gasteiger partial charge >= 0.3 is 0 Å². The Morgan fingerprint density at radius 1 is 0.889 bits per heavy atom. The van der Waals surface area contributed by atoms with Gasteiger partial charge in [-0.2, -0.15) is 0 Å². The molecule has 1 aromatic rings. The standard InChI is InChI=1S/C18H26/c1-17(2,3)15-12-11-13-9-7-8-10-14(13)16(15)18(4,5)6/h7,9,11-12H,8,10H2,1-6H3. The second kappa shape index (κ2) is 4.26. The maximum Gasteiger partial charge on any atom is -0.0126 e. The Bertz CT molecular complexity index is 476. The maximum atomic E-state index is 2.34. The highest BCUT2D eigenvalue weighted by Crippen LogP contribution is 2.39. The van der Waals surface area contributed by atoms with Crippen LogP contribution in [0.15, 0.2) is 18.2 Å². The van der Waals surface area contributed by atoms with E-state index in [9.17, 15) is 0 Å². The predicted octanol–water partition coefficient (Wildman–Crippen LogP) is 5.24. The van der Waals surface area contributed by atoms with Crippen molar-refractivity contribution in [2.75, 3.05) is 0 Å². The zero-order chi connectivity index (χ0) is 13.6. The van der Waals surface area contributed by atoms with E-state index in [1.807, 2.05) is 0 Å². The Labute approximate surface area is 112 Å². The van der Waals surface area contributed by atoms with Crippen molar-refractivity contribution < 1.29 is 0 Å². The molecule has 1 aromatic carbocycles. The van der Waals surface area contributed by atoms with Crippen molar-refractivity contribution in [3.05, 3.63) is 40.5 Å². The minimum atomic E-state index is 0.221. The van der Waals surface area contributed by atoms with E-state index < -0.39 is 0 Å². The summed E-state index contributed by atoms with van der Waals surface area (Å²) in [6.07, 6.45) is 6.97. The first kappa shape index (κ1) is 13.4. The summed E-state index contributed by atoms with van der Waals surface area (Å²) in [7, 11) is 0. The number of rotatable bonds is 0.